The molecule has 2 fully saturated rings. The smallest absolute Gasteiger partial charge is 0.333 e. The van der Waals surface area contributed by atoms with Crippen LogP contribution < -0.4 is 11.1 Å². The van der Waals surface area contributed by atoms with Crippen LogP contribution in [0.25, 0.3) is 10.2 Å². The van der Waals surface area contributed by atoms with Crippen LogP contribution in [0.4, 0.5) is 9.93 Å². The zero-order valence-corrected chi connectivity index (χ0v) is 26.7. The molecule has 0 bridgehead atoms. The Morgan fingerprint density at radius 2 is 1.89 bits per heavy atom. The van der Waals surface area contributed by atoms with Crippen molar-refractivity contribution in [1.29, 1.82) is 0 Å². The Kier molecular flexibility index (Phi) is 8.93. The molecule has 1 aromatic heterocycles. The summed E-state index contributed by atoms with van der Waals surface area (Å²) in [6.07, 6.45) is 5.22. The first kappa shape index (κ1) is 31.4. The highest BCUT2D eigenvalue weighted by atomic mass is 35.5. The van der Waals surface area contributed by atoms with Crippen LogP contribution in [0.2, 0.25) is 10.0 Å². The van der Waals surface area contributed by atoms with E-state index in [1.807, 2.05) is 18.2 Å². The van der Waals surface area contributed by atoms with Crippen molar-refractivity contribution in [3.05, 3.63) is 87.4 Å². The maximum atomic E-state index is 14.2. The summed E-state index contributed by atoms with van der Waals surface area (Å²) in [6, 6.07) is 15.9. The Labute approximate surface area is 279 Å². The van der Waals surface area contributed by atoms with Gasteiger partial charge in [-0.15, -0.1) is 6.42 Å². The van der Waals surface area contributed by atoms with E-state index in [0.717, 1.165) is 21.4 Å². The van der Waals surface area contributed by atoms with Gasteiger partial charge in [0.25, 0.3) is 0 Å². The average molecular weight is 679 g/mol. The van der Waals surface area contributed by atoms with Crippen molar-refractivity contribution in [2.45, 2.75) is 31.7 Å². The summed E-state index contributed by atoms with van der Waals surface area (Å²) in [5.74, 6) is 2.06. The fourth-order valence-electron chi connectivity index (χ4n) is 5.89. The number of urea groups is 1. The van der Waals surface area contributed by atoms with Gasteiger partial charge < -0.3 is 26.0 Å². The number of hydrazine groups is 1. The molecule has 0 aliphatic carbocycles. The Bertz CT molecular complexity index is 1860. The van der Waals surface area contributed by atoms with Crippen LogP contribution in [0.5, 0.6) is 5.75 Å². The minimum absolute atomic E-state index is 0.0917. The molecule has 2 saturated heterocycles. The normalized spacial score (nSPS) is 18.1. The molecular weight excluding hydrogens is 649 g/mol. The summed E-state index contributed by atoms with van der Waals surface area (Å²) in [7, 11) is 0. The van der Waals surface area contributed by atoms with Crippen LogP contribution in [0, 0.1) is 12.3 Å². The molecule has 2 atom stereocenters. The summed E-state index contributed by atoms with van der Waals surface area (Å²) in [5.41, 5.74) is 9.00. The first-order valence-electron chi connectivity index (χ1n) is 14.3. The van der Waals surface area contributed by atoms with Gasteiger partial charge in [-0.3, -0.25) is 9.59 Å². The van der Waals surface area contributed by atoms with Crippen molar-refractivity contribution in [2.75, 3.05) is 25.4 Å². The number of fused-ring (bicyclic) bond motifs is 2. The number of piperazine rings is 1. The maximum absolute atomic E-state index is 14.2. The number of terminal acetylenes is 1. The first-order chi connectivity index (χ1) is 22.1. The topological polar surface area (TPSA) is 135 Å². The number of phenolic OH excluding ortho intramolecular Hbond substituents is 1. The summed E-state index contributed by atoms with van der Waals surface area (Å²) in [5, 5.41) is 16.8. The number of hydrogen-bond acceptors (Lipinski definition) is 8. The number of para-hydroxylation sites is 1. The third kappa shape index (κ3) is 6.27. The first-order valence-corrected chi connectivity index (χ1v) is 15.9. The highest BCUT2D eigenvalue weighted by molar-refractivity contribution is 7.22. The fourth-order valence-corrected chi connectivity index (χ4v) is 6.99. The third-order valence-electron chi connectivity index (χ3n) is 8.03. The van der Waals surface area contributed by atoms with Crippen molar-refractivity contribution in [1.82, 2.24) is 30.1 Å². The van der Waals surface area contributed by atoms with Gasteiger partial charge in [0.1, 0.15) is 18.0 Å². The Hall–Kier alpha value is -4.54. The van der Waals surface area contributed by atoms with Gasteiger partial charge in [0, 0.05) is 19.5 Å². The van der Waals surface area contributed by atoms with Crippen LogP contribution in [0.3, 0.4) is 0 Å². The predicted molar refractivity (Wildman–Crippen MR) is 177 cm³/mol. The van der Waals surface area contributed by atoms with E-state index in [2.05, 4.69) is 16.2 Å². The summed E-state index contributed by atoms with van der Waals surface area (Å²) < 4.78 is 0.901. The average Bonchev–Trinajstić information content (AvgIpc) is 3.58. The number of rotatable bonds is 8. The van der Waals surface area contributed by atoms with Crippen molar-refractivity contribution in [3.8, 4) is 18.1 Å². The van der Waals surface area contributed by atoms with E-state index in [0.29, 0.717) is 20.7 Å². The van der Waals surface area contributed by atoms with E-state index in [-0.39, 0.29) is 56.7 Å². The number of halogens is 2. The molecule has 4 amide bonds. The number of carbonyl (C=O) groups excluding carboxylic acids is 3. The fraction of sp³-hybridized carbons (Fsp3) is 0.250. The van der Waals surface area contributed by atoms with E-state index < -0.39 is 18.2 Å². The van der Waals surface area contributed by atoms with Gasteiger partial charge in [0.15, 0.2) is 5.13 Å². The quantitative estimate of drug-likeness (QED) is 0.239. The third-order valence-corrected chi connectivity index (χ3v) is 9.61. The Morgan fingerprint density at radius 1 is 1.13 bits per heavy atom. The number of carbonyl (C=O) groups is 3. The molecule has 2 aliphatic heterocycles. The Balaban J connectivity index is 1.31. The van der Waals surface area contributed by atoms with Crippen LogP contribution in [-0.2, 0) is 29.1 Å². The van der Waals surface area contributed by atoms with Crippen molar-refractivity contribution >= 4 is 67.7 Å². The SMILES string of the molecule is C#CCN(C(=O)NCc1ccc(Cl)c(Cl)c1)N1CC(=O)N2[C@@H](Cc3ccc(O)cc3)C(=O)N(Cc3cccc4sc(N)nc34)C[C@@H]21. The number of aromatic nitrogens is 1. The maximum Gasteiger partial charge on any atom is 0.333 e. The van der Waals surface area contributed by atoms with Gasteiger partial charge in [0.2, 0.25) is 11.8 Å². The molecule has 3 aromatic carbocycles. The zero-order valence-electron chi connectivity index (χ0n) is 24.4. The summed E-state index contributed by atoms with van der Waals surface area (Å²) in [4.78, 5) is 49.1. The number of thiazole rings is 1. The van der Waals surface area contributed by atoms with E-state index in [4.69, 9.17) is 35.4 Å². The van der Waals surface area contributed by atoms with Crippen molar-refractivity contribution < 1.29 is 19.5 Å². The van der Waals surface area contributed by atoms with E-state index in [1.54, 1.807) is 45.1 Å². The lowest BCUT2D eigenvalue weighted by Gasteiger charge is -2.46. The largest absolute Gasteiger partial charge is 0.508 e. The molecule has 0 saturated carbocycles. The van der Waals surface area contributed by atoms with Crippen LogP contribution in [0.1, 0.15) is 16.7 Å². The number of nitrogens with two attached hydrogens (primary N) is 1. The standard InChI is InChI=1S/C32H29Cl2N7O4S/c1-2-12-39(32(45)36-15-20-8-11-23(33)24(34)13-20)40-18-28(43)41-25(14-19-6-9-22(42)10-7-19)30(44)38(17-27(40)41)16-21-4-3-5-26-29(21)37-31(35)46-26/h1,3-11,13,25,27,42H,12,14-18H2,(H2,35,37)(H,36,45)/t25-,27+/m0/s1. The number of nitrogen functional groups attached to an aromatic ring is 1. The van der Waals surface area contributed by atoms with Gasteiger partial charge in [-0.05, 0) is 47.0 Å². The molecule has 14 heteroatoms. The lowest BCUT2D eigenvalue weighted by molar-refractivity contribution is -0.157. The number of nitrogens with zero attached hydrogens (tertiary/aromatic N) is 5. The van der Waals surface area contributed by atoms with Crippen LogP contribution >= 0.6 is 34.5 Å². The van der Waals surface area contributed by atoms with Crippen LogP contribution in [-0.4, -0.2) is 79.6 Å². The second-order valence-corrected chi connectivity index (χ2v) is 12.8. The molecule has 46 heavy (non-hydrogen) atoms. The molecule has 2 aliphatic rings. The predicted octanol–water partition coefficient (Wildman–Crippen LogP) is 4.07. The van der Waals surface area contributed by atoms with Crippen molar-refractivity contribution in [3.63, 3.8) is 0 Å². The minimum Gasteiger partial charge on any atom is -0.508 e. The summed E-state index contributed by atoms with van der Waals surface area (Å²) >= 11 is 13.5. The molecule has 4 aromatic rings. The van der Waals surface area contributed by atoms with E-state index >= 15 is 0 Å². The highest BCUT2D eigenvalue weighted by Gasteiger charge is 2.52. The monoisotopic (exact) mass is 677 g/mol. The molecule has 4 N–H and O–H groups in total. The number of benzene rings is 3. The van der Waals surface area contributed by atoms with Crippen molar-refractivity contribution in [2.24, 2.45) is 0 Å². The molecule has 0 spiro atoms. The highest BCUT2D eigenvalue weighted by Crippen LogP contribution is 2.32. The van der Waals surface area contributed by atoms with E-state index in [1.165, 1.54) is 28.5 Å². The van der Waals surface area contributed by atoms with Gasteiger partial charge in [-0.25, -0.2) is 14.8 Å². The molecular formula is C32H29Cl2N7O4S. The van der Waals surface area contributed by atoms with Crippen LogP contribution in [0.15, 0.2) is 60.7 Å². The number of amides is 4. The molecule has 0 radical (unpaired) electrons. The number of nitrogens with one attached hydrogen (secondary N) is 1. The molecule has 6 rings (SSSR count). The van der Waals surface area contributed by atoms with Gasteiger partial charge in [-0.1, -0.05) is 70.8 Å². The van der Waals surface area contributed by atoms with Gasteiger partial charge in [-0.2, -0.15) is 5.01 Å². The Morgan fingerprint density at radius 3 is 2.63 bits per heavy atom. The number of hydrogen-bond donors (Lipinski definition) is 3. The van der Waals surface area contributed by atoms with Gasteiger partial charge in [0.05, 0.1) is 39.9 Å². The number of aromatic hydroxyl groups is 1. The van der Waals surface area contributed by atoms with E-state index in [9.17, 15) is 19.5 Å². The number of anilines is 1. The second-order valence-electron chi connectivity index (χ2n) is 11.0. The number of phenols is 1. The molecule has 11 nitrogen and oxygen atoms in total. The zero-order chi connectivity index (χ0) is 32.5. The molecule has 3 heterocycles. The summed E-state index contributed by atoms with van der Waals surface area (Å²) in [6.45, 7) is 0.211. The molecule has 0 unspecified atom stereocenters. The minimum atomic E-state index is -0.868. The lowest BCUT2D eigenvalue weighted by atomic mass is 9.99. The lowest BCUT2D eigenvalue weighted by Crippen LogP contribution is -2.66. The molecule has 236 valence electrons. The van der Waals surface area contributed by atoms with Gasteiger partial charge >= 0.3 is 6.03 Å². The second kappa shape index (κ2) is 13.1.